The molecule has 2 heterocycles. The van der Waals surface area contributed by atoms with Gasteiger partial charge in [0.25, 0.3) is 5.91 Å². The number of carbonyl (C=O) groups is 2. The Kier molecular flexibility index (Phi) is 7.80. The average Bonchev–Trinajstić information content (AvgIpc) is 3.35. The molecular formula is C27H28F2N2O3S. The van der Waals surface area contributed by atoms with Crippen LogP contribution in [0.1, 0.15) is 47.1 Å². The standard InChI is InChI=1S/C27H28F2N2O3S/c1-3-18(2)31(27(33)21-6-4-5-7-23(21)29)16-26(32)30-14-12-25-22(13-15-35-25)24(30)17-34-20-10-8-19(28)9-11-20/h4-11,13,15,18,24H,3,12,14,16-17H2,1-2H3/t18-,24+/m1/s1. The highest BCUT2D eigenvalue weighted by Crippen LogP contribution is 2.34. The summed E-state index contributed by atoms with van der Waals surface area (Å²) in [6.07, 6.45) is 1.34. The zero-order chi connectivity index (χ0) is 24.9. The van der Waals surface area contributed by atoms with Crippen LogP contribution in [0.4, 0.5) is 8.78 Å². The van der Waals surface area contributed by atoms with Gasteiger partial charge in [-0.1, -0.05) is 19.1 Å². The number of amides is 2. The third kappa shape index (κ3) is 5.53. The van der Waals surface area contributed by atoms with Gasteiger partial charge in [-0.05, 0) is 73.2 Å². The van der Waals surface area contributed by atoms with Crippen molar-refractivity contribution in [3.05, 3.63) is 87.6 Å². The molecule has 1 aromatic heterocycles. The Hall–Kier alpha value is -3.26. The molecule has 3 aromatic rings. The van der Waals surface area contributed by atoms with E-state index in [4.69, 9.17) is 4.74 Å². The number of ether oxygens (including phenoxy) is 1. The van der Waals surface area contributed by atoms with Crippen LogP contribution >= 0.6 is 11.3 Å². The second kappa shape index (κ2) is 11.0. The number of nitrogens with zero attached hydrogens (tertiary/aromatic N) is 2. The quantitative estimate of drug-likeness (QED) is 0.414. The van der Waals surface area contributed by atoms with Gasteiger partial charge in [-0.15, -0.1) is 11.3 Å². The van der Waals surface area contributed by atoms with Crippen molar-refractivity contribution in [3.63, 3.8) is 0 Å². The lowest BCUT2D eigenvalue weighted by molar-refractivity contribution is -0.136. The maximum Gasteiger partial charge on any atom is 0.257 e. The summed E-state index contributed by atoms with van der Waals surface area (Å²) in [5.41, 5.74) is 0.975. The maximum absolute atomic E-state index is 14.4. The minimum Gasteiger partial charge on any atom is -0.491 e. The van der Waals surface area contributed by atoms with Crippen LogP contribution in [0, 0.1) is 11.6 Å². The molecule has 0 radical (unpaired) electrons. The van der Waals surface area contributed by atoms with Crippen LogP contribution in [0.2, 0.25) is 0 Å². The predicted octanol–water partition coefficient (Wildman–Crippen LogP) is 5.47. The van der Waals surface area contributed by atoms with Gasteiger partial charge in [0.05, 0.1) is 11.6 Å². The fourth-order valence-electron chi connectivity index (χ4n) is 4.25. The van der Waals surface area contributed by atoms with Gasteiger partial charge in [0.15, 0.2) is 0 Å². The number of carbonyl (C=O) groups excluding carboxylic acids is 2. The molecule has 0 unspecified atom stereocenters. The highest BCUT2D eigenvalue weighted by Gasteiger charge is 2.34. The van der Waals surface area contributed by atoms with E-state index in [-0.39, 0.29) is 42.5 Å². The van der Waals surface area contributed by atoms with Gasteiger partial charge in [-0.2, -0.15) is 0 Å². The Morgan fingerprint density at radius 1 is 1.14 bits per heavy atom. The molecule has 1 aliphatic rings. The van der Waals surface area contributed by atoms with Crippen molar-refractivity contribution in [1.82, 2.24) is 9.80 Å². The maximum atomic E-state index is 14.4. The predicted molar refractivity (Wildman–Crippen MR) is 132 cm³/mol. The van der Waals surface area contributed by atoms with Crippen LogP contribution in [-0.2, 0) is 11.2 Å². The van der Waals surface area contributed by atoms with Gasteiger partial charge in [-0.25, -0.2) is 8.78 Å². The lowest BCUT2D eigenvalue weighted by Gasteiger charge is -2.38. The van der Waals surface area contributed by atoms with E-state index < -0.39 is 11.7 Å². The summed E-state index contributed by atoms with van der Waals surface area (Å²) in [6, 6.07) is 13.0. The summed E-state index contributed by atoms with van der Waals surface area (Å²) in [6.45, 7) is 4.31. The molecule has 4 rings (SSSR count). The van der Waals surface area contributed by atoms with Gasteiger partial charge in [-0.3, -0.25) is 9.59 Å². The molecule has 2 atom stereocenters. The minimum atomic E-state index is -0.607. The minimum absolute atomic E-state index is 0.0458. The van der Waals surface area contributed by atoms with Crippen LogP contribution in [0.25, 0.3) is 0 Å². The lowest BCUT2D eigenvalue weighted by atomic mass is 10.00. The molecule has 1 aliphatic heterocycles. The number of benzene rings is 2. The summed E-state index contributed by atoms with van der Waals surface area (Å²) < 4.78 is 33.6. The van der Waals surface area contributed by atoms with Gasteiger partial charge in [0.2, 0.25) is 5.91 Å². The van der Waals surface area contributed by atoms with E-state index in [1.165, 1.54) is 40.1 Å². The summed E-state index contributed by atoms with van der Waals surface area (Å²) in [4.78, 5) is 31.2. The first kappa shape index (κ1) is 24.9. The Labute approximate surface area is 207 Å². The Morgan fingerprint density at radius 3 is 2.60 bits per heavy atom. The first-order valence-corrected chi connectivity index (χ1v) is 12.6. The zero-order valence-corrected chi connectivity index (χ0v) is 20.6. The highest BCUT2D eigenvalue weighted by atomic mass is 32.1. The number of hydrogen-bond acceptors (Lipinski definition) is 4. The Balaban J connectivity index is 1.55. The molecule has 2 amide bonds. The highest BCUT2D eigenvalue weighted by molar-refractivity contribution is 7.10. The van der Waals surface area contributed by atoms with Gasteiger partial charge < -0.3 is 14.5 Å². The third-order valence-electron chi connectivity index (χ3n) is 6.43. The fourth-order valence-corrected chi connectivity index (χ4v) is 5.18. The molecule has 0 spiro atoms. The third-order valence-corrected chi connectivity index (χ3v) is 7.43. The smallest absolute Gasteiger partial charge is 0.257 e. The zero-order valence-electron chi connectivity index (χ0n) is 19.7. The Bertz CT molecular complexity index is 1180. The SMILES string of the molecule is CC[C@@H](C)N(CC(=O)N1CCc2sccc2[C@@H]1COc1ccc(F)cc1)C(=O)c1ccccc1F. The van der Waals surface area contributed by atoms with E-state index in [2.05, 4.69) is 0 Å². The normalized spacial score (nSPS) is 15.9. The summed E-state index contributed by atoms with van der Waals surface area (Å²) in [5, 5.41) is 2.00. The average molecular weight is 499 g/mol. The number of halogens is 2. The van der Waals surface area contributed by atoms with Crippen LogP contribution in [0.3, 0.4) is 0 Å². The molecule has 35 heavy (non-hydrogen) atoms. The van der Waals surface area contributed by atoms with Crippen molar-refractivity contribution in [1.29, 1.82) is 0 Å². The monoisotopic (exact) mass is 498 g/mol. The van der Waals surface area contributed by atoms with Gasteiger partial charge in [0.1, 0.15) is 30.5 Å². The molecule has 0 N–H and O–H groups in total. The van der Waals surface area contributed by atoms with Crippen molar-refractivity contribution in [2.24, 2.45) is 0 Å². The molecule has 184 valence electrons. The number of hydrogen-bond donors (Lipinski definition) is 0. The molecule has 0 aliphatic carbocycles. The first-order chi connectivity index (χ1) is 16.9. The lowest BCUT2D eigenvalue weighted by Crippen LogP contribution is -2.50. The van der Waals surface area contributed by atoms with Crippen molar-refractivity contribution in [2.45, 2.75) is 38.8 Å². The van der Waals surface area contributed by atoms with E-state index in [0.717, 1.165) is 12.0 Å². The van der Waals surface area contributed by atoms with Crippen molar-refractivity contribution in [2.75, 3.05) is 19.7 Å². The second-order valence-corrected chi connectivity index (χ2v) is 9.59. The summed E-state index contributed by atoms with van der Waals surface area (Å²) in [5.74, 6) is -1.17. The molecule has 0 saturated carbocycles. The van der Waals surface area contributed by atoms with Crippen molar-refractivity contribution < 1.29 is 23.1 Å². The van der Waals surface area contributed by atoms with Crippen LogP contribution in [-0.4, -0.2) is 47.4 Å². The van der Waals surface area contributed by atoms with Crippen molar-refractivity contribution >= 4 is 23.2 Å². The number of thiophene rings is 1. The molecule has 0 bridgehead atoms. The summed E-state index contributed by atoms with van der Waals surface area (Å²) in [7, 11) is 0. The molecule has 2 aromatic carbocycles. The second-order valence-electron chi connectivity index (χ2n) is 8.59. The van der Waals surface area contributed by atoms with Crippen LogP contribution < -0.4 is 4.74 Å². The van der Waals surface area contributed by atoms with E-state index in [1.54, 1.807) is 34.4 Å². The Morgan fingerprint density at radius 2 is 1.89 bits per heavy atom. The van der Waals surface area contributed by atoms with E-state index in [0.29, 0.717) is 18.7 Å². The molecule has 0 saturated heterocycles. The fraction of sp³-hybridized carbons (Fsp3) is 0.333. The molecular weight excluding hydrogens is 470 g/mol. The van der Waals surface area contributed by atoms with Crippen LogP contribution in [0.15, 0.2) is 60.0 Å². The number of fused-ring (bicyclic) bond motifs is 1. The first-order valence-electron chi connectivity index (χ1n) is 11.7. The van der Waals surface area contributed by atoms with E-state index in [9.17, 15) is 18.4 Å². The van der Waals surface area contributed by atoms with E-state index in [1.807, 2.05) is 25.3 Å². The van der Waals surface area contributed by atoms with E-state index >= 15 is 0 Å². The van der Waals surface area contributed by atoms with Gasteiger partial charge in [0, 0.05) is 17.5 Å². The van der Waals surface area contributed by atoms with Crippen LogP contribution in [0.5, 0.6) is 5.75 Å². The van der Waals surface area contributed by atoms with Gasteiger partial charge >= 0.3 is 0 Å². The number of rotatable bonds is 8. The molecule has 0 fully saturated rings. The molecule has 5 nitrogen and oxygen atoms in total. The van der Waals surface area contributed by atoms with Crippen molar-refractivity contribution in [3.8, 4) is 5.75 Å². The largest absolute Gasteiger partial charge is 0.491 e. The topological polar surface area (TPSA) is 49.9 Å². The summed E-state index contributed by atoms with van der Waals surface area (Å²) >= 11 is 1.64. The molecule has 8 heteroatoms.